The van der Waals surface area contributed by atoms with E-state index >= 15 is 0 Å². The van der Waals surface area contributed by atoms with Crippen LogP contribution in [-0.2, 0) is 16.6 Å². The standard InChI is InChI=1S/C27H44N2O2.C2H6/c1-5-23-11-12-24(30-4)19-25(23)27(13-17-28-15-7-8-16-28)14-18-29(20-22-9-10-22)21(3)26(27)31-6-2;1-2/h11-12,19,21-22,26H,5-10,13-18,20H2,1-4H3;1-2H3. The molecule has 33 heavy (non-hydrogen) atoms. The van der Waals surface area contributed by atoms with Gasteiger partial charge in [-0.25, -0.2) is 0 Å². The molecule has 2 heterocycles. The van der Waals surface area contributed by atoms with Crippen molar-refractivity contribution in [2.45, 2.75) is 97.1 Å². The van der Waals surface area contributed by atoms with Crippen LogP contribution in [0, 0.1) is 5.92 Å². The smallest absolute Gasteiger partial charge is 0.119 e. The third-order valence-electron chi connectivity index (χ3n) is 8.25. The quantitative estimate of drug-likeness (QED) is 0.435. The lowest BCUT2D eigenvalue weighted by Crippen LogP contribution is -2.60. The zero-order valence-electron chi connectivity index (χ0n) is 22.4. The third kappa shape index (κ3) is 6.13. The summed E-state index contributed by atoms with van der Waals surface area (Å²) in [4.78, 5) is 5.41. The van der Waals surface area contributed by atoms with Gasteiger partial charge < -0.3 is 14.4 Å². The Balaban J connectivity index is 0.00000149. The second-order valence-corrected chi connectivity index (χ2v) is 10.1. The monoisotopic (exact) mass is 458 g/mol. The van der Waals surface area contributed by atoms with Crippen molar-refractivity contribution < 1.29 is 9.47 Å². The lowest BCUT2D eigenvalue weighted by atomic mass is 9.64. The summed E-state index contributed by atoms with van der Waals surface area (Å²) in [6, 6.07) is 7.23. The molecule has 2 saturated heterocycles. The van der Waals surface area contributed by atoms with E-state index < -0.39 is 0 Å². The highest BCUT2D eigenvalue weighted by molar-refractivity contribution is 5.43. The first-order valence-corrected chi connectivity index (χ1v) is 13.9. The highest BCUT2D eigenvalue weighted by atomic mass is 16.5. The first-order chi connectivity index (χ1) is 16.1. The van der Waals surface area contributed by atoms with Gasteiger partial charge in [-0.3, -0.25) is 4.90 Å². The Kier molecular flexibility index (Phi) is 10.1. The summed E-state index contributed by atoms with van der Waals surface area (Å²) >= 11 is 0. The Morgan fingerprint density at radius 1 is 1.06 bits per heavy atom. The number of rotatable bonds is 10. The minimum atomic E-state index is 0.0535. The summed E-state index contributed by atoms with van der Waals surface area (Å²) in [5, 5.41) is 0. The van der Waals surface area contributed by atoms with Gasteiger partial charge in [0.2, 0.25) is 0 Å². The fourth-order valence-electron chi connectivity index (χ4n) is 6.22. The van der Waals surface area contributed by atoms with Gasteiger partial charge in [-0.05, 0) is 114 Å². The maximum absolute atomic E-state index is 6.68. The van der Waals surface area contributed by atoms with E-state index in [9.17, 15) is 0 Å². The molecule has 4 nitrogen and oxygen atoms in total. The fourth-order valence-corrected chi connectivity index (χ4v) is 6.22. The zero-order chi connectivity index (χ0) is 23.8. The Labute approximate surface area is 204 Å². The molecule has 0 bridgehead atoms. The van der Waals surface area contributed by atoms with Crippen LogP contribution in [0.4, 0.5) is 0 Å². The van der Waals surface area contributed by atoms with Gasteiger partial charge in [0.25, 0.3) is 0 Å². The van der Waals surface area contributed by atoms with Crippen LogP contribution in [-0.4, -0.2) is 68.4 Å². The maximum atomic E-state index is 6.68. The Morgan fingerprint density at radius 3 is 2.39 bits per heavy atom. The molecule has 1 aromatic rings. The van der Waals surface area contributed by atoms with E-state index in [2.05, 4.69) is 48.8 Å². The second-order valence-electron chi connectivity index (χ2n) is 10.1. The second kappa shape index (κ2) is 12.6. The lowest BCUT2D eigenvalue weighted by Gasteiger charge is -2.53. The summed E-state index contributed by atoms with van der Waals surface area (Å²) in [6.45, 7) is 17.8. The van der Waals surface area contributed by atoms with Gasteiger partial charge in [0.15, 0.2) is 0 Å². The van der Waals surface area contributed by atoms with Crippen LogP contribution in [0.3, 0.4) is 0 Å². The largest absolute Gasteiger partial charge is 0.497 e. The number of hydrogen-bond acceptors (Lipinski definition) is 4. The molecule has 0 N–H and O–H groups in total. The average molecular weight is 459 g/mol. The molecule has 188 valence electrons. The number of ether oxygens (including phenoxy) is 2. The van der Waals surface area contributed by atoms with Crippen LogP contribution in [0.5, 0.6) is 5.75 Å². The van der Waals surface area contributed by atoms with Crippen molar-refractivity contribution in [1.29, 1.82) is 0 Å². The van der Waals surface area contributed by atoms with Crippen LogP contribution in [0.25, 0.3) is 0 Å². The van der Waals surface area contributed by atoms with Crippen LogP contribution in [0.15, 0.2) is 18.2 Å². The normalized spacial score (nSPS) is 28.4. The molecule has 0 aromatic heterocycles. The fraction of sp³-hybridized carbons (Fsp3) is 0.793. The number of nitrogens with zero attached hydrogens (tertiary/aromatic N) is 2. The molecule has 1 aliphatic carbocycles. The van der Waals surface area contributed by atoms with Crippen LogP contribution in [0.2, 0.25) is 0 Å². The number of aryl methyl sites for hydroxylation is 1. The summed E-state index contributed by atoms with van der Waals surface area (Å²) in [6.07, 6.45) is 9.19. The number of benzene rings is 1. The minimum absolute atomic E-state index is 0.0535. The molecule has 1 aromatic carbocycles. The SMILES string of the molecule is CC.CCOC1C(C)N(CC2CC2)CCC1(CCN1CCCC1)c1cc(OC)ccc1CC. The van der Waals surface area contributed by atoms with Crippen LogP contribution >= 0.6 is 0 Å². The number of likely N-dealkylation sites (tertiary alicyclic amines) is 2. The maximum Gasteiger partial charge on any atom is 0.119 e. The first-order valence-electron chi connectivity index (χ1n) is 13.9. The topological polar surface area (TPSA) is 24.9 Å². The van der Waals surface area contributed by atoms with Crippen molar-refractivity contribution >= 4 is 0 Å². The Hall–Kier alpha value is -1.10. The molecule has 0 amide bonds. The van der Waals surface area contributed by atoms with Gasteiger partial charge in [-0.2, -0.15) is 0 Å². The molecule has 3 aliphatic rings. The van der Waals surface area contributed by atoms with Crippen LogP contribution in [0.1, 0.15) is 84.3 Å². The van der Waals surface area contributed by atoms with E-state index in [1.807, 2.05) is 13.8 Å². The molecule has 1 saturated carbocycles. The van der Waals surface area contributed by atoms with Gasteiger partial charge in [0, 0.05) is 24.6 Å². The zero-order valence-corrected chi connectivity index (χ0v) is 22.4. The lowest BCUT2D eigenvalue weighted by molar-refractivity contribution is -0.0890. The van der Waals surface area contributed by atoms with Crippen molar-refractivity contribution in [1.82, 2.24) is 9.80 Å². The molecule has 4 rings (SSSR count). The molecule has 0 spiro atoms. The van der Waals surface area contributed by atoms with Gasteiger partial charge >= 0.3 is 0 Å². The summed E-state index contributed by atoms with van der Waals surface area (Å²) in [5.74, 6) is 1.90. The summed E-state index contributed by atoms with van der Waals surface area (Å²) < 4.78 is 12.4. The molecule has 2 aliphatic heterocycles. The van der Waals surface area contributed by atoms with Gasteiger partial charge in [-0.1, -0.05) is 26.8 Å². The third-order valence-corrected chi connectivity index (χ3v) is 8.25. The van der Waals surface area contributed by atoms with Crippen molar-refractivity contribution in [3.05, 3.63) is 29.3 Å². The molecular formula is C29H50N2O2. The van der Waals surface area contributed by atoms with E-state index in [-0.39, 0.29) is 11.5 Å². The molecular weight excluding hydrogens is 408 g/mol. The number of hydrogen-bond donors (Lipinski definition) is 0. The van der Waals surface area contributed by atoms with E-state index in [1.54, 1.807) is 7.11 Å². The van der Waals surface area contributed by atoms with Crippen molar-refractivity contribution in [2.24, 2.45) is 5.92 Å². The molecule has 3 unspecified atom stereocenters. The molecule has 4 heteroatoms. The van der Waals surface area contributed by atoms with Gasteiger partial charge in [-0.15, -0.1) is 0 Å². The van der Waals surface area contributed by atoms with Gasteiger partial charge in [0.1, 0.15) is 5.75 Å². The van der Waals surface area contributed by atoms with Crippen molar-refractivity contribution in [3.63, 3.8) is 0 Å². The Bertz CT molecular complexity index is 714. The Morgan fingerprint density at radius 2 is 1.79 bits per heavy atom. The summed E-state index contributed by atoms with van der Waals surface area (Å²) in [5.41, 5.74) is 3.01. The van der Waals surface area contributed by atoms with Crippen molar-refractivity contribution in [2.75, 3.05) is 46.4 Å². The predicted molar refractivity (Wildman–Crippen MR) is 139 cm³/mol. The summed E-state index contributed by atoms with van der Waals surface area (Å²) in [7, 11) is 1.79. The van der Waals surface area contributed by atoms with Crippen molar-refractivity contribution in [3.8, 4) is 5.75 Å². The molecule has 3 fully saturated rings. The van der Waals surface area contributed by atoms with E-state index in [0.29, 0.717) is 6.04 Å². The van der Waals surface area contributed by atoms with Crippen LogP contribution < -0.4 is 4.74 Å². The van der Waals surface area contributed by atoms with Gasteiger partial charge in [0.05, 0.1) is 13.2 Å². The highest BCUT2D eigenvalue weighted by Crippen LogP contribution is 2.46. The number of piperidine rings is 1. The van der Waals surface area contributed by atoms with E-state index in [4.69, 9.17) is 9.47 Å². The minimum Gasteiger partial charge on any atom is -0.497 e. The molecule has 3 atom stereocenters. The first kappa shape index (κ1) is 26.5. The average Bonchev–Trinajstić information content (AvgIpc) is 3.52. The highest BCUT2D eigenvalue weighted by Gasteiger charge is 2.50. The molecule has 0 radical (unpaired) electrons. The predicted octanol–water partition coefficient (Wildman–Crippen LogP) is 5.92. The number of methoxy groups -OCH3 is 1. The van der Waals surface area contributed by atoms with E-state index in [1.165, 1.54) is 82.4 Å². The van der Waals surface area contributed by atoms with E-state index in [0.717, 1.165) is 24.7 Å².